The molecule has 1 aromatic rings. The Labute approximate surface area is 197 Å². The van der Waals surface area contributed by atoms with Gasteiger partial charge in [-0.2, -0.15) is 0 Å². The molecule has 3 rings (SSSR count). The van der Waals surface area contributed by atoms with Gasteiger partial charge in [0.1, 0.15) is 11.4 Å². The van der Waals surface area contributed by atoms with Crippen molar-refractivity contribution >= 4 is 35.6 Å². The first-order valence-corrected chi connectivity index (χ1v) is 11.6. The summed E-state index contributed by atoms with van der Waals surface area (Å²) in [5.74, 6) is -1.24. The molecule has 2 saturated heterocycles. The third-order valence-corrected chi connectivity index (χ3v) is 6.22. The van der Waals surface area contributed by atoms with Gasteiger partial charge in [-0.05, 0) is 63.9 Å². The van der Waals surface area contributed by atoms with Crippen LogP contribution < -0.4 is 16.0 Å². The minimum absolute atomic E-state index is 0.0921. The summed E-state index contributed by atoms with van der Waals surface area (Å²) in [7, 11) is 0. The SMILES string of the molecule is CCOC(=O)N1CCC(NC(=O)C2(NC(=O)/C=C/c3ccc(Cl)cc3F)CCNCC2)CC1. The summed E-state index contributed by atoms with van der Waals surface area (Å²) in [6.07, 6.45) is 4.35. The van der Waals surface area contributed by atoms with E-state index in [1.165, 1.54) is 30.4 Å². The molecule has 33 heavy (non-hydrogen) atoms. The van der Waals surface area contributed by atoms with E-state index >= 15 is 0 Å². The van der Waals surface area contributed by atoms with Crippen molar-refractivity contribution in [2.24, 2.45) is 0 Å². The number of piperidine rings is 2. The van der Waals surface area contributed by atoms with Gasteiger partial charge in [0, 0.05) is 35.8 Å². The molecule has 2 aliphatic heterocycles. The normalized spacial score (nSPS) is 18.7. The number of halogens is 2. The summed E-state index contributed by atoms with van der Waals surface area (Å²) in [5.41, 5.74) is -0.824. The van der Waals surface area contributed by atoms with Gasteiger partial charge in [-0.3, -0.25) is 9.59 Å². The van der Waals surface area contributed by atoms with Gasteiger partial charge in [0.05, 0.1) is 6.61 Å². The molecular formula is C23H30ClFN4O4. The van der Waals surface area contributed by atoms with Crippen LogP contribution in [0, 0.1) is 5.82 Å². The first-order valence-electron chi connectivity index (χ1n) is 11.2. The molecule has 0 unspecified atom stereocenters. The van der Waals surface area contributed by atoms with Crippen LogP contribution in [0.5, 0.6) is 0 Å². The third-order valence-electron chi connectivity index (χ3n) is 5.99. The number of ether oxygens (including phenoxy) is 1. The van der Waals surface area contributed by atoms with Crippen molar-refractivity contribution in [3.63, 3.8) is 0 Å². The number of nitrogens with one attached hydrogen (secondary N) is 3. The van der Waals surface area contributed by atoms with Crippen LogP contribution in [0.2, 0.25) is 5.02 Å². The molecule has 2 fully saturated rings. The zero-order chi connectivity index (χ0) is 23.8. The Bertz CT molecular complexity index is 896. The molecule has 0 bridgehead atoms. The van der Waals surface area contributed by atoms with Gasteiger partial charge >= 0.3 is 6.09 Å². The van der Waals surface area contributed by atoms with E-state index in [1.807, 2.05) is 0 Å². The van der Waals surface area contributed by atoms with Crippen LogP contribution in [0.25, 0.3) is 6.08 Å². The first-order chi connectivity index (χ1) is 15.8. The van der Waals surface area contributed by atoms with E-state index in [9.17, 15) is 18.8 Å². The molecule has 2 aliphatic rings. The smallest absolute Gasteiger partial charge is 0.409 e. The van der Waals surface area contributed by atoms with Crippen molar-refractivity contribution in [2.75, 3.05) is 32.8 Å². The van der Waals surface area contributed by atoms with Crippen molar-refractivity contribution in [1.29, 1.82) is 0 Å². The number of likely N-dealkylation sites (tertiary alicyclic amines) is 1. The highest BCUT2D eigenvalue weighted by atomic mass is 35.5. The molecule has 3 amide bonds. The molecule has 180 valence electrons. The molecule has 0 spiro atoms. The fraction of sp³-hybridized carbons (Fsp3) is 0.522. The number of carbonyl (C=O) groups excluding carboxylic acids is 3. The van der Waals surface area contributed by atoms with E-state index < -0.39 is 17.3 Å². The Balaban J connectivity index is 1.61. The summed E-state index contributed by atoms with van der Waals surface area (Å²) in [5, 5.41) is 9.39. The Kier molecular flexibility index (Phi) is 8.68. The number of nitrogens with zero attached hydrogens (tertiary/aromatic N) is 1. The van der Waals surface area contributed by atoms with Crippen molar-refractivity contribution in [3.05, 3.63) is 40.7 Å². The van der Waals surface area contributed by atoms with Crippen molar-refractivity contribution in [3.8, 4) is 0 Å². The molecule has 0 saturated carbocycles. The minimum atomic E-state index is -1.05. The highest BCUT2D eigenvalue weighted by molar-refractivity contribution is 6.30. The van der Waals surface area contributed by atoms with Gasteiger partial charge in [-0.25, -0.2) is 9.18 Å². The lowest BCUT2D eigenvalue weighted by molar-refractivity contribution is -0.134. The molecule has 0 radical (unpaired) electrons. The molecule has 0 atom stereocenters. The largest absolute Gasteiger partial charge is 0.450 e. The highest BCUT2D eigenvalue weighted by Crippen LogP contribution is 2.21. The maximum Gasteiger partial charge on any atom is 0.409 e. The zero-order valence-corrected chi connectivity index (χ0v) is 19.4. The molecule has 3 N–H and O–H groups in total. The topological polar surface area (TPSA) is 99.8 Å². The Morgan fingerprint density at radius 3 is 2.61 bits per heavy atom. The maximum absolute atomic E-state index is 14.0. The number of hydrogen-bond acceptors (Lipinski definition) is 5. The standard InChI is InChI=1S/C23H30ClFN4O4/c1-2-33-22(32)29-13-7-18(8-14-29)27-21(31)23(9-11-26-12-10-23)28-20(30)6-4-16-3-5-17(24)15-19(16)25/h3-6,15,18,26H,2,7-14H2,1H3,(H,27,31)(H,28,30)/b6-4+. The third kappa shape index (κ3) is 6.68. The predicted octanol–water partition coefficient (Wildman–Crippen LogP) is 2.47. The van der Waals surface area contributed by atoms with E-state index in [4.69, 9.17) is 16.3 Å². The van der Waals surface area contributed by atoms with Crippen LogP contribution in [0.1, 0.15) is 38.2 Å². The lowest BCUT2D eigenvalue weighted by atomic mass is 9.86. The van der Waals surface area contributed by atoms with E-state index in [0.29, 0.717) is 58.5 Å². The molecule has 2 heterocycles. The van der Waals surface area contributed by atoms with Crippen LogP contribution in [0.15, 0.2) is 24.3 Å². The van der Waals surface area contributed by atoms with E-state index in [1.54, 1.807) is 11.8 Å². The van der Waals surface area contributed by atoms with Crippen LogP contribution >= 0.6 is 11.6 Å². The van der Waals surface area contributed by atoms with Crippen molar-refractivity contribution in [1.82, 2.24) is 20.9 Å². The van der Waals surface area contributed by atoms with Crippen LogP contribution in [0.4, 0.5) is 9.18 Å². The molecule has 8 nitrogen and oxygen atoms in total. The fourth-order valence-electron chi connectivity index (χ4n) is 4.09. The lowest BCUT2D eigenvalue weighted by Crippen LogP contribution is -2.64. The van der Waals surface area contributed by atoms with Gasteiger partial charge in [0.25, 0.3) is 0 Å². The van der Waals surface area contributed by atoms with Gasteiger partial charge in [0.15, 0.2) is 0 Å². The highest BCUT2D eigenvalue weighted by Gasteiger charge is 2.41. The van der Waals surface area contributed by atoms with Crippen LogP contribution in [-0.2, 0) is 14.3 Å². The quantitative estimate of drug-likeness (QED) is 0.543. The summed E-state index contributed by atoms with van der Waals surface area (Å²) >= 11 is 5.76. The Hall–Kier alpha value is -2.65. The average molecular weight is 481 g/mol. The van der Waals surface area contributed by atoms with Gasteiger partial charge in [-0.15, -0.1) is 0 Å². The second kappa shape index (κ2) is 11.5. The molecule has 10 heteroatoms. The molecule has 0 aromatic heterocycles. The Morgan fingerprint density at radius 2 is 1.97 bits per heavy atom. The monoisotopic (exact) mass is 480 g/mol. The van der Waals surface area contributed by atoms with Crippen LogP contribution in [0.3, 0.4) is 0 Å². The molecular weight excluding hydrogens is 451 g/mol. The number of benzene rings is 1. The summed E-state index contributed by atoms with van der Waals surface area (Å²) in [4.78, 5) is 39.4. The number of rotatable bonds is 6. The van der Waals surface area contributed by atoms with E-state index in [2.05, 4.69) is 16.0 Å². The average Bonchev–Trinajstić information content (AvgIpc) is 2.79. The second-order valence-corrected chi connectivity index (χ2v) is 8.69. The van der Waals surface area contributed by atoms with Crippen molar-refractivity contribution < 1.29 is 23.5 Å². The number of amides is 3. The minimum Gasteiger partial charge on any atom is -0.450 e. The number of hydrogen-bond donors (Lipinski definition) is 3. The van der Waals surface area contributed by atoms with Crippen molar-refractivity contribution in [2.45, 2.75) is 44.2 Å². The van der Waals surface area contributed by atoms with Gasteiger partial charge in [0.2, 0.25) is 11.8 Å². The summed E-state index contributed by atoms with van der Waals surface area (Å²) in [6, 6.07) is 4.10. The second-order valence-electron chi connectivity index (χ2n) is 8.25. The van der Waals surface area contributed by atoms with E-state index in [-0.39, 0.29) is 28.6 Å². The molecule has 1 aromatic carbocycles. The van der Waals surface area contributed by atoms with Gasteiger partial charge in [-0.1, -0.05) is 17.7 Å². The van der Waals surface area contributed by atoms with E-state index in [0.717, 1.165) is 0 Å². The lowest BCUT2D eigenvalue weighted by Gasteiger charge is -2.39. The zero-order valence-electron chi connectivity index (χ0n) is 18.7. The Morgan fingerprint density at radius 1 is 1.27 bits per heavy atom. The molecule has 0 aliphatic carbocycles. The van der Waals surface area contributed by atoms with Crippen LogP contribution in [-0.4, -0.2) is 67.2 Å². The fourth-order valence-corrected chi connectivity index (χ4v) is 4.25. The maximum atomic E-state index is 14.0. The predicted molar refractivity (Wildman–Crippen MR) is 123 cm³/mol. The van der Waals surface area contributed by atoms with Gasteiger partial charge < -0.3 is 25.6 Å². The first kappa shape index (κ1) is 25.0. The summed E-state index contributed by atoms with van der Waals surface area (Å²) < 4.78 is 19.0. The number of carbonyl (C=O) groups is 3. The summed E-state index contributed by atoms with van der Waals surface area (Å²) in [6.45, 7) is 4.26.